The average molecular weight is 499 g/mol. The number of benzene rings is 4. The van der Waals surface area contributed by atoms with Crippen molar-refractivity contribution >= 4 is 38.1 Å². The molecule has 4 aromatic heterocycles. The Kier molecular flexibility index (Phi) is 4.79. The van der Waals surface area contributed by atoms with Crippen LogP contribution < -0.4 is 0 Å². The fraction of sp³-hybridized carbons (Fsp3) is 0. The summed E-state index contributed by atoms with van der Waals surface area (Å²) in [6.07, 6.45) is 3.93. The van der Waals surface area contributed by atoms with Crippen molar-refractivity contribution in [2.24, 2.45) is 0 Å². The largest absolute Gasteiger partial charge is 0.297 e. The molecule has 0 spiro atoms. The summed E-state index contributed by atoms with van der Waals surface area (Å²) in [6, 6.07) is 42.1. The van der Waals surface area contributed by atoms with Crippen molar-refractivity contribution in [3.63, 3.8) is 0 Å². The lowest BCUT2D eigenvalue weighted by atomic mass is 10.0. The Morgan fingerprint density at radius 2 is 1.31 bits per heavy atom. The molecule has 182 valence electrons. The Morgan fingerprint density at radius 1 is 0.513 bits per heavy atom. The lowest BCUT2D eigenvalue weighted by molar-refractivity contribution is 1.18. The highest BCUT2D eigenvalue weighted by molar-refractivity contribution is 5.98. The normalized spacial score (nSPS) is 11.6. The summed E-state index contributed by atoms with van der Waals surface area (Å²) in [7, 11) is 0. The maximum absolute atomic E-state index is 5.21. The Balaban J connectivity index is 1.33. The molecule has 8 rings (SSSR count). The second-order valence-electron chi connectivity index (χ2n) is 9.79. The van der Waals surface area contributed by atoms with E-state index in [0.717, 1.165) is 61.2 Å². The van der Waals surface area contributed by atoms with Gasteiger partial charge in [-0.3, -0.25) is 9.38 Å². The number of nitrogens with zero attached hydrogens (tertiary/aromatic N) is 4. The van der Waals surface area contributed by atoms with E-state index in [4.69, 9.17) is 15.0 Å². The molecule has 0 N–H and O–H groups in total. The zero-order chi connectivity index (χ0) is 25.8. The minimum atomic E-state index is 0.886. The fourth-order valence-corrected chi connectivity index (χ4v) is 5.52. The van der Waals surface area contributed by atoms with E-state index in [1.807, 2.05) is 24.4 Å². The van der Waals surface area contributed by atoms with Crippen molar-refractivity contribution in [2.45, 2.75) is 0 Å². The molecule has 0 aliphatic rings. The van der Waals surface area contributed by atoms with Crippen LogP contribution in [-0.4, -0.2) is 19.4 Å². The lowest BCUT2D eigenvalue weighted by Crippen LogP contribution is -1.92. The predicted octanol–water partition coefficient (Wildman–Crippen LogP) is 8.58. The van der Waals surface area contributed by atoms with E-state index in [2.05, 4.69) is 114 Å². The van der Waals surface area contributed by atoms with Crippen LogP contribution in [0.3, 0.4) is 0 Å². The Hall–Kier alpha value is -5.35. The number of hydrogen-bond donors (Lipinski definition) is 0. The van der Waals surface area contributed by atoms with Crippen molar-refractivity contribution in [2.75, 3.05) is 0 Å². The van der Waals surface area contributed by atoms with E-state index >= 15 is 0 Å². The molecule has 0 aliphatic carbocycles. The Bertz CT molecular complexity index is 2180. The van der Waals surface area contributed by atoms with E-state index in [1.54, 1.807) is 0 Å². The summed E-state index contributed by atoms with van der Waals surface area (Å²) in [5.41, 5.74) is 7.70. The number of aromatic nitrogens is 4. The summed E-state index contributed by atoms with van der Waals surface area (Å²) in [6.45, 7) is 0. The molecule has 39 heavy (non-hydrogen) atoms. The minimum absolute atomic E-state index is 0.886. The maximum Gasteiger partial charge on any atom is 0.145 e. The van der Waals surface area contributed by atoms with Crippen molar-refractivity contribution in [3.05, 3.63) is 134 Å². The fourth-order valence-electron chi connectivity index (χ4n) is 5.52. The van der Waals surface area contributed by atoms with Crippen molar-refractivity contribution < 1.29 is 0 Å². The van der Waals surface area contributed by atoms with E-state index in [1.165, 1.54) is 10.8 Å². The molecule has 0 saturated heterocycles. The van der Waals surface area contributed by atoms with Gasteiger partial charge in [-0.05, 0) is 58.6 Å². The highest BCUT2D eigenvalue weighted by Crippen LogP contribution is 2.36. The predicted molar refractivity (Wildman–Crippen MR) is 160 cm³/mol. The van der Waals surface area contributed by atoms with E-state index in [-0.39, 0.29) is 0 Å². The van der Waals surface area contributed by atoms with Gasteiger partial charge in [-0.1, -0.05) is 78.9 Å². The van der Waals surface area contributed by atoms with Gasteiger partial charge in [-0.25, -0.2) is 9.97 Å². The monoisotopic (exact) mass is 498 g/mol. The molecule has 4 heteroatoms. The second kappa shape index (κ2) is 8.61. The zero-order valence-corrected chi connectivity index (χ0v) is 21.0. The van der Waals surface area contributed by atoms with Crippen LogP contribution in [0.4, 0.5) is 0 Å². The molecule has 4 nitrogen and oxygen atoms in total. The van der Waals surface area contributed by atoms with Crippen molar-refractivity contribution in [3.8, 4) is 33.9 Å². The molecule has 0 atom stereocenters. The van der Waals surface area contributed by atoms with Gasteiger partial charge in [0, 0.05) is 34.3 Å². The summed E-state index contributed by atoms with van der Waals surface area (Å²) in [5, 5.41) is 5.83. The SMILES string of the molecule is c1ccc(-c2c(-c3cccc(-c4ccc5cc6ccccc6cc5n4)c3)nc3c4ccccc4ccn23)nc1. The van der Waals surface area contributed by atoms with Crippen molar-refractivity contribution in [1.29, 1.82) is 0 Å². The van der Waals surface area contributed by atoms with Crippen LogP contribution in [0.5, 0.6) is 0 Å². The number of rotatable bonds is 3. The lowest BCUT2D eigenvalue weighted by Gasteiger charge is -2.08. The minimum Gasteiger partial charge on any atom is -0.297 e. The van der Waals surface area contributed by atoms with Gasteiger partial charge in [0.25, 0.3) is 0 Å². The maximum atomic E-state index is 5.21. The molecule has 0 fully saturated rings. The van der Waals surface area contributed by atoms with E-state index in [0.29, 0.717) is 0 Å². The van der Waals surface area contributed by atoms with Gasteiger partial charge in [0.2, 0.25) is 0 Å². The van der Waals surface area contributed by atoms with E-state index in [9.17, 15) is 0 Å². The third kappa shape index (κ3) is 3.57. The molecule has 0 bridgehead atoms. The molecule has 0 amide bonds. The van der Waals surface area contributed by atoms with Crippen LogP contribution in [0.25, 0.3) is 72.0 Å². The first kappa shape index (κ1) is 21.7. The van der Waals surface area contributed by atoms with Gasteiger partial charge in [-0.15, -0.1) is 0 Å². The Labute approximate surface area is 224 Å². The third-order valence-electron chi connectivity index (χ3n) is 7.41. The molecular weight excluding hydrogens is 476 g/mol. The van der Waals surface area contributed by atoms with Gasteiger partial charge < -0.3 is 0 Å². The summed E-state index contributed by atoms with van der Waals surface area (Å²) >= 11 is 0. The number of pyridine rings is 3. The smallest absolute Gasteiger partial charge is 0.145 e. The quantitative estimate of drug-likeness (QED) is 0.229. The standard InChI is InChI=1S/C35H22N4/c1-2-10-25-22-32-27(20-24(25)9-1)15-16-30(37-32)26-11-7-12-28(21-26)33-34(31-14-5-6-18-36-31)39-19-17-23-8-3-4-13-29(23)35(39)38-33/h1-22H. The molecule has 4 heterocycles. The first-order chi connectivity index (χ1) is 19.3. The second-order valence-corrected chi connectivity index (χ2v) is 9.79. The first-order valence-corrected chi connectivity index (χ1v) is 13.0. The van der Waals surface area contributed by atoms with Crippen molar-refractivity contribution in [1.82, 2.24) is 19.4 Å². The average Bonchev–Trinajstić information content (AvgIpc) is 3.41. The molecular formula is C35H22N4. The van der Waals surface area contributed by atoms with Crippen LogP contribution in [0.1, 0.15) is 0 Å². The number of fused-ring (bicyclic) bond motifs is 5. The zero-order valence-electron chi connectivity index (χ0n) is 21.0. The molecule has 4 aromatic carbocycles. The van der Waals surface area contributed by atoms with Crippen LogP contribution >= 0.6 is 0 Å². The van der Waals surface area contributed by atoms with Crippen LogP contribution in [-0.2, 0) is 0 Å². The van der Waals surface area contributed by atoms with Gasteiger partial charge in [0.15, 0.2) is 0 Å². The molecule has 0 aliphatic heterocycles. The number of imidazole rings is 1. The summed E-state index contributed by atoms with van der Waals surface area (Å²) < 4.78 is 2.16. The van der Waals surface area contributed by atoms with Gasteiger partial charge in [-0.2, -0.15) is 0 Å². The highest BCUT2D eigenvalue weighted by atomic mass is 15.0. The van der Waals surface area contributed by atoms with E-state index < -0.39 is 0 Å². The van der Waals surface area contributed by atoms with Gasteiger partial charge in [0.1, 0.15) is 5.65 Å². The summed E-state index contributed by atoms with van der Waals surface area (Å²) in [4.78, 5) is 15.0. The highest BCUT2D eigenvalue weighted by Gasteiger charge is 2.19. The molecule has 0 unspecified atom stereocenters. The van der Waals surface area contributed by atoms with Gasteiger partial charge in [0.05, 0.1) is 28.3 Å². The van der Waals surface area contributed by atoms with Gasteiger partial charge >= 0.3 is 0 Å². The summed E-state index contributed by atoms with van der Waals surface area (Å²) in [5.74, 6) is 0. The molecule has 0 saturated carbocycles. The Morgan fingerprint density at radius 3 is 2.18 bits per heavy atom. The topological polar surface area (TPSA) is 43.1 Å². The van der Waals surface area contributed by atoms with Crippen LogP contribution in [0.15, 0.2) is 134 Å². The third-order valence-corrected chi connectivity index (χ3v) is 7.41. The molecule has 8 aromatic rings. The van der Waals surface area contributed by atoms with Crippen LogP contribution in [0, 0.1) is 0 Å². The number of hydrogen-bond acceptors (Lipinski definition) is 3. The first-order valence-electron chi connectivity index (χ1n) is 13.0. The molecule has 0 radical (unpaired) electrons. The van der Waals surface area contributed by atoms with Crippen LogP contribution in [0.2, 0.25) is 0 Å².